The fourth-order valence-corrected chi connectivity index (χ4v) is 2.74. The summed E-state index contributed by atoms with van der Waals surface area (Å²) in [6, 6.07) is 0. The Morgan fingerprint density at radius 2 is 1.33 bits per heavy atom. The van der Waals surface area contributed by atoms with E-state index in [0.717, 1.165) is 11.3 Å². The van der Waals surface area contributed by atoms with E-state index in [1.54, 1.807) is 0 Å². The zero-order chi connectivity index (χ0) is 4.57. The molecule has 36 valence electrons. The Balaban J connectivity index is 2.11. The van der Waals surface area contributed by atoms with E-state index in [-0.39, 0.29) is 0 Å². The van der Waals surface area contributed by atoms with Crippen molar-refractivity contribution in [1.29, 1.82) is 0 Å². The van der Waals surface area contributed by atoms with E-state index in [9.17, 15) is 0 Å². The van der Waals surface area contributed by atoms with Gasteiger partial charge in [0, 0.05) is 0 Å². The maximum absolute atomic E-state index is 2.83. The van der Waals surface area contributed by atoms with E-state index >= 15 is 0 Å². The van der Waals surface area contributed by atoms with Crippen LogP contribution in [0.5, 0.6) is 0 Å². The van der Waals surface area contributed by atoms with E-state index in [0.29, 0.717) is 0 Å². The quantitative estimate of drug-likeness (QED) is 0.422. The van der Waals surface area contributed by atoms with E-state index in [4.69, 9.17) is 0 Å². The van der Waals surface area contributed by atoms with Crippen molar-refractivity contribution in [2.24, 2.45) is 0 Å². The molecule has 1 saturated carbocycles. The maximum Gasteiger partial charge on any atom is -0.0253 e. The van der Waals surface area contributed by atoms with Crippen LogP contribution in [0.4, 0.5) is 0 Å². The van der Waals surface area contributed by atoms with Gasteiger partial charge in [-0.3, -0.25) is 0 Å². The van der Waals surface area contributed by atoms with Crippen molar-refractivity contribution >= 4 is 18.5 Å². The lowest BCUT2D eigenvalue weighted by Crippen LogP contribution is -2.22. The van der Waals surface area contributed by atoms with Gasteiger partial charge < -0.3 is 0 Å². The Hall–Kier alpha value is 0.860. The summed E-state index contributed by atoms with van der Waals surface area (Å²) in [4.78, 5) is 0. The molecule has 2 unspecified atom stereocenters. The van der Waals surface area contributed by atoms with Gasteiger partial charge in [-0.25, -0.2) is 0 Å². The first kappa shape index (κ1) is 5.01. The minimum absolute atomic E-state index is 0.938. The zero-order valence-electron chi connectivity index (χ0n) is 3.72. The van der Waals surface area contributed by atoms with Crippen LogP contribution < -0.4 is 0 Å². The number of rotatable bonds is 0. The summed E-state index contributed by atoms with van der Waals surface area (Å²) >= 11 is 0. The predicted octanol–water partition coefficient (Wildman–Crippen LogP) is 1.27. The third-order valence-corrected chi connectivity index (χ3v) is 2.30. The van der Waals surface area contributed by atoms with E-state index in [1.807, 2.05) is 0 Å². The van der Waals surface area contributed by atoms with Gasteiger partial charge >= 0.3 is 0 Å². The third kappa shape index (κ3) is 0.922. The van der Waals surface area contributed by atoms with Gasteiger partial charge in [0.1, 0.15) is 0 Å². The molecular formula is C4H10P2. The molecule has 1 fully saturated rings. The SMILES string of the molecule is PC1CC(P)C1. The molecular weight excluding hydrogens is 110 g/mol. The van der Waals surface area contributed by atoms with Crippen molar-refractivity contribution in [2.45, 2.75) is 24.2 Å². The van der Waals surface area contributed by atoms with Crippen molar-refractivity contribution < 1.29 is 0 Å². The van der Waals surface area contributed by atoms with E-state index in [1.165, 1.54) is 12.8 Å². The molecule has 0 saturated heterocycles. The maximum atomic E-state index is 2.83. The molecule has 0 aromatic carbocycles. The fourth-order valence-electron chi connectivity index (χ4n) is 0.709. The monoisotopic (exact) mass is 120 g/mol. The molecule has 0 spiro atoms. The lowest BCUT2D eigenvalue weighted by molar-refractivity contribution is 0.539. The molecule has 0 heterocycles. The Morgan fingerprint density at radius 1 is 1.00 bits per heavy atom. The second kappa shape index (κ2) is 1.76. The van der Waals surface area contributed by atoms with Crippen LogP contribution in [0.3, 0.4) is 0 Å². The average molecular weight is 120 g/mol. The van der Waals surface area contributed by atoms with Gasteiger partial charge in [-0.2, -0.15) is 0 Å². The Kier molecular flexibility index (Phi) is 1.47. The van der Waals surface area contributed by atoms with Crippen LogP contribution in [-0.2, 0) is 0 Å². The highest BCUT2D eigenvalue weighted by atomic mass is 31.0. The van der Waals surface area contributed by atoms with Crippen LogP contribution in [0.25, 0.3) is 0 Å². The smallest absolute Gasteiger partial charge is 0.0253 e. The molecule has 1 rings (SSSR count). The number of hydrogen-bond donors (Lipinski definition) is 0. The minimum atomic E-state index is 0.938. The van der Waals surface area contributed by atoms with Crippen LogP contribution in [-0.4, -0.2) is 11.3 Å². The van der Waals surface area contributed by atoms with Gasteiger partial charge in [0.05, 0.1) is 0 Å². The van der Waals surface area contributed by atoms with Crippen molar-refractivity contribution in [3.05, 3.63) is 0 Å². The molecule has 1 aliphatic carbocycles. The summed E-state index contributed by atoms with van der Waals surface area (Å²) in [6.07, 6.45) is 2.80. The van der Waals surface area contributed by atoms with Gasteiger partial charge in [0.2, 0.25) is 0 Å². The average Bonchev–Trinajstić information content (AvgIpc) is 1.33. The molecule has 2 heteroatoms. The zero-order valence-corrected chi connectivity index (χ0v) is 6.03. The van der Waals surface area contributed by atoms with Crippen molar-refractivity contribution in [3.63, 3.8) is 0 Å². The molecule has 0 aromatic rings. The van der Waals surface area contributed by atoms with Crippen molar-refractivity contribution in [1.82, 2.24) is 0 Å². The van der Waals surface area contributed by atoms with Crippen molar-refractivity contribution in [3.8, 4) is 0 Å². The summed E-state index contributed by atoms with van der Waals surface area (Å²) < 4.78 is 0. The van der Waals surface area contributed by atoms with E-state index in [2.05, 4.69) is 18.5 Å². The molecule has 0 amide bonds. The normalized spacial score (nSPS) is 45.0. The van der Waals surface area contributed by atoms with Gasteiger partial charge in [0.25, 0.3) is 0 Å². The molecule has 0 nitrogen and oxygen atoms in total. The Bertz CT molecular complexity index is 41.5. The lowest BCUT2D eigenvalue weighted by atomic mass is 9.99. The van der Waals surface area contributed by atoms with Crippen LogP contribution in [0.2, 0.25) is 0 Å². The van der Waals surface area contributed by atoms with Crippen LogP contribution >= 0.6 is 18.5 Å². The first-order valence-corrected chi connectivity index (χ1v) is 3.63. The number of hydrogen-bond acceptors (Lipinski definition) is 0. The van der Waals surface area contributed by atoms with Gasteiger partial charge in [0.15, 0.2) is 0 Å². The third-order valence-electron chi connectivity index (χ3n) is 1.21. The Morgan fingerprint density at radius 3 is 1.33 bits per heavy atom. The molecule has 0 aromatic heterocycles. The van der Waals surface area contributed by atoms with E-state index < -0.39 is 0 Å². The van der Waals surface area contributed by atoms with Gasteiger partial charge in [-0.15, -0.1) is 18.5 Å². The molecule has 2 atom stereocenters. The summed E-state index contributed by atoms with van der Waals surface area (Å²) in [5.74, 6) is 0. The summed E-state index contributed by atoms with van der Waals surface area (Å²) in [7, 11) is 5.66. The highest BCUT2D eigenvalue weighted by Gasteiger charge is 2.20. The topological polar surface area (TPSA) is 0 Å². The van der Waals surface area contributed by atoms with Gasteiger partial charge in [-0.1, -0.05) is 0 Å². The first-order valence-electron chi connectivity index (χ1n) is 2.30. The van der Waals surface area contributed by atoms with Crippen LogP contribution in [0, 0.1) is 0 Å². The highest BCUT2D eigenvalue weighted by Crippen LogP contribution is 2.32. The second-order valence-electron chi connectivity index (χ2n) is 1.99. The van der Waals surface area contributed by atoms with Crippen LogP contribution in [0.15, 0.2) is 0 Å². The largest absolute Gasteiger partial charge is 0.134 e. The predicted molar refractivity (Wildman–Crippen MR) is 36.2 cm³/mol. The molecule has 0 radical (unpaired) electrons. The molecule has 0 N–H and O–H groups in total. The standard InChI is InChI=1S/C4H10P2/c5-3-1-4(6)2-3/h3-4H,1-2,5-6H2. The molecule has 0 bridgehead atoms. The second-order valence-corrected chi connectivity index (χ2v) is 3.88. The molecule has 6 heavy (non-hydrogen) atoms. The Labute approximate surface area is 43.5 Å². The minimum Gasteiger partial charge on any atom is -0.134 e. The van der Waals surface area contributed by atoms with Crippen LogP contribution in [0.1, 0.15) is 12.8 Å². The van der Waals surface area contributed by atoms with Gasteiger partial charge in [-0.05, 0) is 24.2 Å². The fraction of sp³-hybridized carbons (Fsp3) is 1.00. The highest BCUT2D eigenvalue weighted by molar-refractivity contribution is 7.20. The summed E-state index contributed by atoms with van der Waals surface area (Å²) in [6.45, 7) is 0. The molecule has 1 aliphatic rings. The van der Waals surface area contributed by atoms with Crippen molar-refractivity contribution in [2.75, 3.05) is 0 Å². The first-order chi connectivity index (χ1) is 2.79. The lowest BCUT2D eigenvalue weighted by Gasteiger charge is -2.28. The molecule has 0 aliphatic heterocycles. The summed E-state index contributed by atoms with van der Waals surface area (Å²) in [5, 5.41) is 0. The summed E-state index contributed by atoms with van der Waals surface area (Å²) in [5.41, 5.74) is 1.88.